The smallest absolute Gasteiger partial charge is 0.318 e. The van der Waals surface area contributed by atoms with Crippen molar-refractivity contribution >= 4 is 17.9 Å². The molecule has 0 aliphatic carbocycles. The van der Waals surface area contributed by atoms with Crippen molar-refractivity contribution in [1.29, 1.82) is 0 Å². The van der Waals surface area contributed by atoms with E-state index in [2.05, 4.69) is 5.32 Å². The van der Waals surface area contributed by atoms with E-state index < -0.39 is 17.9 Å². The number of urea groups is 1. The van der Waals surface area contributed by atoms with Gasteiger partial charge in [0.25, 0.3) is 0 Å². The molecule has 0 radical (unpaired) electrons. The lowest BCUT2D eigenvalue weighted by atomic mass is 10.0. The first-order chi connectivity index (χ1) is 9.91. The highest BCUT2D eigenvalue weighted by Crippen LogP contribution is 2.17. The number of aliphatic carboxylic acids is 1. The van der Waals surface area contributed by atoms with Crippen LogP contribution in [0.15, 0.2) is 0 Å². The normalized spacial score (nSPS) is 19.9. The summed E-state index contributed by atoms with van der Waals surface area (Å²) in [4.78, 5) is 35.4. The molecule has 4 N–H and O–H groups in total. The second-order valence-electron chi connectivity index (χ2n) is 5.67. The molecule has 1 aliphatic rings. The first kappa shape index (κ1) is 17.3. The molecule has 3 amide bonds. The monoisotopic (exact) mass is 299 g/mol. The second kappa shape index (κ2) is 8.49. The van der Waals surface area contributed by atoms with Crippen LogP contribution >= 0.6 is 0 Å². The molecular formula is C14H25N3O4. The van der Waals surface area contributed by atoms with E-state index in [-0.39, 0.29) is 18.4 Å². The minimum atomic E-state index is -0.802. The average molecular weight is 299 g/mol. The molecule has 1 heterocycles. The van der Waals surface area contributed by atoms with Crippen LogP contribution < -0.4 is 11.1 Å². The van der Waals surface area contributed by atoms with Gasteiger partial charge < -0.3 is 21.1 Å². The minimum absolute atomic E-state index is 0.144. The van der Waals surface area contributed by atoms with Gasteiger partial charge in [0.15, 0.2) is 0 Å². The van der Waals surface area contributed by atoms with Crippen LogP contribution in [0.1, 0.15) is 45.4 Å². The van der Waals surface area contributed by atoms with Gasteiger partial charge in [-0.1, -0.05) is 6.92 Å². The molecule has 7 nitrogen and oxygen atoms in total. The summed E-state index contributed by atoms with van der Waals surface area (Å²) < 4.78 is 0. The molecule has 1 fully saturated rings. The number of primary amides is 1. The van der Waals surface area contributed by atoms with E-state index in [0.717, 1.165) is 12.8 Å². The van der Waals surface area contributed by atoms with Crippen LogP contribution in [0.25, 0.3) is 0 Å². The fourth-order valence-electron chi connectivity index (χ4n) is 2.51. The highest BCUT2D eigenvalue weighted by molar-refractivity contribution is 5.86. The van der Waals surface area contributed by atoms with Crippen LogP contribution in [0.5, 0.6) is 0 Å². The van der Waals surface area contributed by atoms with Gasteiger partial charge in [-0.05, 0) is 38.0 Å². The van der Waals surface area contributed by atoms with Gasteiger partial charge in [0.1, 0.15) is 6.04 Å². The van der Waals surface area contributed by atoms with E-state index in [1.165, 1.54) is 4.90 Å². The Kier molecular flexibility index (Phi) is 6.98. The zero-order valence-corrected chi connectivity index (χ0v) is 12.5. The van der Waals surface area contributed by atoms with Crippen LogP contribution in [-0.4, -0.2) is 47.0 Å². The number of nitrogens with zero attached hydrogens (tertiary/aromatic N) is 1. The topological polar surface area (TPSA) is 113 Å². The van der Waals surface area contributed by atoms with Gasteiger partial charge in [-0.2, -0.15) is 0 Å². The zero-order valence-electron chi connectivity index (χ0n) is 12.5. The average Bonchev–Trinajstić information content (AvgIpc) is 2.44. The Labute approximate surface area is 124 Å². The number of piperidine rings is 1. The van der Waals surface area contributed by atoms with Crippen molar-refractivity contribution in [1.82, 2.24) is 10.2 Å². The Morgan fingerprint density at radius 1 is 1.33 bits per heavy atom. The van der Waals surface area contributed by atoms with Crippen molar-refractivity contribution in [2.24, 2.45) is 11.7 Å². The number of rotatable bonds is 7. The molecule has 7 heteroatoms. The summed E-state index contributed by atoms with van der Waals surface area (Å²) in [6.07, 6.45) is 3.87. The van der Waals surface area contributed by atoms with E-state index in [0.29, 0.717) is 32.4 Å². The predicted molar refractivity (Wildman–Crippen MR) is 77.6 cm³/mol. The number of hydrogen-bond donors (Lipinski definition) is 3. The molecule has 120 valence electrons. The lowest BCUT2D eigenvalue weighted by Gasteiger charge is -2.33. The number of carbonyl (C=O) groups excluding carboxylic acids is 2. The molecule has 0 aromatic carbocycles. The van der Waals surface area contributed by atoms with Gasteiger partial charge in [0.2, 0.25) is 5.91 Å². The van der Waals surface area contributed by atoms with E-state index >= 15 is 0 Å². The molecule has 21 heavy (non-hydrogen) atoms. The number of amides is 3. The minimum Gasteiger partial charge on any atom is -0.481 e. The largest absolute Gasteiger partial charge is 0.481 e. The maximum Gasteiger partial charge on any atom is 0.318 e. The fourth-order valence-corrected chi connectivity index (χ4v) is 2.51. The molecule has 1 saturated heterocycles. The third-order valence-corrected chi connectivity index (χ3v) is 3.86. The number of likely N-dealkylation sites (tertiary alicyclic amines) is 1. The number of carboxylic acids is 1. The Balaban J connectivity index is 2.32. The molecule has 2 unspecified atom stereocenters. The molecule has 0 bridgehead atoms. The van der Waals surface area contributed by atoms with Gasteiger partial charge in [-0.15, -0.1) is 0 Å². The summed E-state index contributed by atoms with van der Waals surface area (Å²) in [5.74, 6) is -1.03. The molecule has 0 aromatic rings. The number of nitrogens with one attached hydrogen (secondary N) is 1. The summed E-state index contributed by atoms with van der Waals surface area (Å²) in [5.41, 5.74) is 5.32. The van der Waals surface area contributed by atoms with Crippen molar-refractivity contribution in [3.05, 3.63) is 0 Å². The molecule has 0 saturated carbocycles. The van der Waals surface area contributed by atoms with Crippen LogP contribution in [0, 0.1) is 5.92 Å². The molecule has 0 aromatic heterocycles. The molecule has 2 atom stereocenters. The van der Waals surface area contributed by atoms with Crippen LogP contribution in [0.3, 0.4) is 0 Å². The maximum absolute atomic E-state index is 12.1. The lowest BCUT2D eigenvalue weighted by Crippen LogP contribution is -2.53. The Morgan fingerprint density at radius 3 is 2.67 bits per heavy atom. The highest BCUT2D eigenvalue weighted by atomic mass is 16.4. The number of carbonyl (C=O) groups is 3. The fraction of sp³-hybridized carbons (Fsp3) is 0.786. The van der Waals surface area contributed by atoms with E-state index in [9.17, 15) is 14.4 Å². The maximum atomic E-state index is 12.1. The Hall–Kier alpha value is -1.79. The first-order valence-corrected chi connectivity index (χ1v) is 7.47. The van der Waals surface area contributed by atoms with Gasteiger partial charge in [0.05, 0.1) is 0 Å². The van der Waals surface area contributed by atoms with E-state index in [4.69, 9.17) is 10.8 Å². The Morgan fingerprint density at radius 2 is 2.05 bits per heavy atom. The van der Waals surface area contributed by atoms with Gasteiger partial charge in [0, 0.05) is 19.5 Å². The zero-order chi connectivity index (χ0) is 15.8. The summed E-state index contributed by atoms with van der Waals surface area (Å²) in [7, 11) is 0. The van der Waals surface area contributed by atoms with Crippen LogP contribution in [-0.2, 0) is 9.59 Å². The molecule has 1 aliphatic heterocycles. The van der Waals surface area contributed by atoms with Crippen molar-refractivity contribution in [2.75, 3.05) is 13.1 Å². The van der Waals surface area contributed by atoms with E-state index in [1.54, 1.807) is 0 Å². The number of nitrogens with two attached hydrogens (primary N) is 1. The lowest BCUT2D eigenvalue weighted by molar-refractivity contribution is -0.137. The number of hydrogen-bond acceptors (Lipinski definition) is 3. The SMILES string of the molecule is CC(CCNC(=O)N1CCCCC1C(N)=O)CCC(=O)O. The second-order valence-corrected chi connectivity index (χ2v) is 5.67. The summed E-state index contributed by atoms with van der Waals surface area (Å²) >= 11 is 0. The van der Waals surface area contributed by atoms with Crippen molar-refractivity contribution < 1.29 is 19.5 Å². The highest BCUT2D eigenvalue weighted by Gasteiger charge is 2.30. The van der Waals surface area contributed by atoms with Crippen LogP contribution in [0.2, 0.25) is 0 Å². The van der Waals surface area contributed by atoms with Crippen LogP contribution in [0.4, 0.5) is 4.79 Å². The van der Waals surface area contributed by atoms with Gasteiger partial charge >= 0.3 is 12.0 Å². The summed E-state index contributed by atoms with van der Waals surface area (Å²) in [6, 6.07) is -0.771. The van der Waals surface area contributed by atoms with Gasteiger partial charge in [-0.3, -0.25) is 9.59 Å². The third-order valence-electron chi connectivity index (χ3n) is 3.86. The quantitative estimate of drug-likeness (QED) is 0.649. The van der Waals surface area contributed by atoms with Crippen molar-refractivity contribution in [3.8, 4) is 0 Å². The molecule has 0 spiro atoms. The third kappa shape index (κ3) is 6.01. The Bertz CT molecular complexity index is 386. The van der Waals surface area contributed by atoms with Crippen molar-refractivity contribution in [2.45, 2.75) is 51.5 Å². The summed E-state index contributed by atoms with van der Waals surface area (Å²) in [5, 5.41) is 11.4. The van der Waals surface area contributed by atoms with Gasteiger partial charge in [-0.25, -0.2) is 4.79 Å². The van der Waals surface area contributed by atoms with Crippen molar-refractivity contribution in [3.63, 3.8) is 0 Å². The molecular weight excluding hydrogens is 274 g/mol. The molecule has 1 rings (SSSR count). The predicted octanol–water partition coefficient (Wildman–Crippen LogP) is 0.927. The summed E-state index contributed by atoms with van der Waals surface area (Å²) in [6.45, 7) is 2.98. The number of carboxylic acid groups (broad SMARTS) is 1. The van der Waals surface area contributed by atoms with E-state index in [1.807, 2.05) is 6.92 Å². The first-order valence-electron chi connectivity index (χ1n) is 7.47. The standard InChI is InChI=1S/C14H25N3O4/c1-10(5-6-12(18)19)7-8-16-14(21)17-9-3-2-4-11(17)13(15)20/h10-11H,2-9H2,1H3,(H2,15,20)(H,16,21)(H,18,19).